The van der Waals surface area contributed by atoms with Gasteiger partial charge in [-0.25, -0.2) is 9.88 Å². The Morgan fingerprint density at radius 1 is 0.767 bits per heavy atom. The Morgan fingerprint density at radius 2 is 1.23 bits per heavy atom. The number of rotatable bonds is 5. The summed E-state index contributed by atoms with van der Waals surface area (Å²) in [6, 6.07) is 22.7. The van der Waals surface area contributed by atoms with Crippen molar-refractivity contribution in [2.45, 2.75) is 20.8 Å². The summed E-state index contributed by atoms with van der Waals surface area (Å²) in [6.07, 6.45) is 5.15. The van der Waals surface area contributed by atoms with E-state index in [4.69, 9.17) is 0 Å². The Hall–Kier alpha value is -3.79. The van der Waals surface area contributed by atoms with Gasteiger partial charge in [-0.3, -0.25) is 9.59 Å². The Balaban J connectivity index is 2.00. The molecule has 0 atom stereocenters. The van der Waals surface area contributed by atoms with E-state index in [1.165, 1.54) is 0 Å². The Bertz CT molecular complexity index is 1030. The number of carbonyl (C=O) groups is 2. The molecule has 0 aliphatic carbocycles. The first-order chi connectivity index (χ1) is 14.5. The number of carbonyl (C=O) groups excluding carboxylic acids is 2. The van der Waals surface area contributed by atoms with Crippen LogP contribution in [0.2, 0.25) is 0 Å². The van der Waals surface area contributed by atoms with Crippen molar-refractivity contribution in [3.05, 3.63) is 107 Å². The molecule has 3 rings (SSSR count). The smallest absolute Gasteiger partial charge is 0.262 e. The van der Waals surface area contributed by atoms with Crippen molar-refractivity contribution in [1.82, 2.24) is 4.98 Å². The first kappa shape index (κ1) is 20.9. The van der Waals surface area contributed by atoms with E-state index in [-0.39, 0.29) is 0 Å². The SMILES string of the molecule is C/C(=C\c1ccccc1)C(=O)N(C(=O)/C(C)=C/c1ccccc1)c1cc(C)ccn1. The van der Waals surface area contributed by atoms with Crippen LogP contribution in [0.5, 0.6) is 0 Å². The van der Waals surface area contributed by atoms with Gasteiger partial charge < -0.3 is 0 Å². The van der Waals surface area contributed by atoms with Gasteiger partial charge in [0.15, 0.2) is 0 Å². The second-order valence-corrected chi connectivity index (χ2v) is 7.11. The highest BCUT2D eigenvalue weighted by molar-refractivity contribution is 6.26. The van der Waals surface area contributed by atoms with E-state index in [0.717, 1.165) is 21.6 Å². The molecule has 0 unspecified atom stereocenters. The number of benzene rings is 2. The van der Waals surface area contributed by atoms with Crippen LogP contribution in [0, 0.1) is 6.92 Å². The maximum Gasteiger partial charge on any atom is 0.262 e. The monoisotopic (exact) mass is 396 g/mol. The number of aryl methyl sites for hydroxylation is 1. The average Bonchev–Trinajstić information content (AvgIpc) is 2.75. The van der Waals surface area contributed by atoms with Crippen molar-refractivity contribution in [2.24, 2.45) is 0 Å². The Labute approximate surface area is 177 Å². The maximum atomic E-state index is 13.3. The largest absolute Gasteiger partial charge is 0.269 e. The standard InChI is InChI=1S/C26H24N2O2/c1-19-14-15-27-24(16-19)28(25(29)20(2)17-22-10-6-4-7-11-22)26(30)21(3)18-23-12-8-5-9-13-23/h4-18H,1-3H3/b20-17+,21-18+. The summed E-state index contributed by atoms with van der Waals surface area (Å²) in [5.74, 6) is -0.489. The molecule has 0 N–H and O–H groups in total. The molecule has 2 amide bonds. The number of hydrogen-bond donors (Lipinski definition) is 0. The van der Waals surface area contributed by atoms with Crippen LogP contribution in [0.15, 0.2) is 90.1 Å². The molecule has 0 spiro atoms. The molecule has 0 saturated carbocycles. The first-order valence-corrected chi connectivity index (χ1v) is 9.74. The van der Waals surface area contributed by atoms with Crippen molar-refractivity contribution >= 4 is 29.8 Å². The third-order valence-corrected chi connectivity index (χ3v) is 4.58. The highest BCUT2D eigenvalue weighted by atomic mass is 16.2. The van der Waals surface area contributed by atoms with Gasteiger partial charge in [-0.1, -0.05) is 60.7 Å². The van der Waals surface area contributed by atoms with Crippen LogP contribution in [-0.4, -0.2) is 16.8 Å². The number of hydrogen-bond acceptors (Lipinski definition) is 3. The van der Waals surface area contributed by atoms with Gasteiger partial charge in [0, 0.05) is 17.3 Å². The molecule has 0 saturated heterocycles. The zero-order valence-corrected chi connectivity index (χ0v) is 17.4. The maximum absolute atomic E-state index is 13.3. The molecule has 1 aromatic heterocycles. The van der Waals surface area contributed by atoms with Gasteiger partial charge in [-0.15, -0.1) is 0 Å². The number of aromatic nitrogens is 1. The Kier molecular flexibility index (Phi) is 6.71. The van der Waals surface area contributed by atoms with Gasteiger partial charge in [0.05, 0.1) is 0 Å². The lowest BCUT2D eigenvalue weighted by Gasteiger charge is -2.21. The van der Waals surface area contributed by atoms with E-state index in [1.807, 2.05) is 73.7 Å². The van der Waals surface area contributed by atoms with E-state index in [1.54, 1.807) is 38.3 Å². The highest BCUT2D eigenvalue weighted by Gasteiger charge is 2.27. The third-order valence-electron chi connectivity index (χ3n) is 4.58. The van der Waals surface area contributed by atoms with Gasteiger partial charge in [-0.2, -0.15) is 0 Å². The lowest BCUT2D eigenvalue weighted by Crippen LogP contribution is -2.38. The topological polar surface area (TPSA) is 50.3 Å². The minimum atomic E-state index is -0.400. The number of pyridine rings is 1. The fourth-order valence-corrected chi connectivity index (χ4v) is 3.02. The summed E-state index contributed by atoms with van der Waals surface area (Å²) in [4.78, 5) is 32.1. The average molecular weight is 396 g/mol. The summed E-state index contributed by atoms with van der Waals surface area (Å²) in [6.45, 7) is 5.32. The Morgan fingerprint density at radius 3 is 1.67 bits per heavy atom. The van der Waals surface area contributed by atoms with E-state index in [0.29, 0.717) is 17.0 Å². The number of nitrogens with zero attached hydrogens (tertiary/aromatic N) is 2. The van der Waals surface area contributed by atoms with Gasteiger partial charge in [0.25, 0.3) is 11.8 Å². The fraction of sp³-hybridized carbons (Fsp3) is 0.115. The molecular weight excluding hydrogens is 372 g/mol. The van der Waals surface area contributed by atoms with Crippen molar-refractivity contribution in [1.29, 1.82) is 0 Å². The van der Waals surface area contributed by atoms with Crippen molar-refractivity contribution in [3.8, 4) is 0 Å². The summed E-state index contributed by atoms with van der Waals surface area (Å²) < 4.78 is 0. The van der Waals surface area contributed by atoms with Crippen LogP contribution >= 0.6 is 0 Å². The van der Waals surface area contributed by atoms with Crippen molar-refractivity contribution < 1.29 is 9.59 Å². The molecule has 4 heteroatoms. The number of imide groups is 1. The number of anilines is 1. The normalized spacial score (nSPS) is 11.8. The summed E-state index contributed by atoms with van der Waals surface area (Å²) >= 11 is 0. The molecule has 2 aromatic carbocycles. The lowest BCUT2D eigenvalue weighted by molar-refractivity contribution is -0.122. The predicted molar refractivity (Wildman–Crippen MR) is 122 cm³/mol. The zero-order chi connectivity index (χ0) is 21.5. The molecule has 0 fully saturated rings. The second-order valence-electron chi connectivity index (χ2n) is 7.11. The van der Waals surface area contributed by atoms with Crippen LogP contribution in [0.4, 0.5) is 5.82 Å². The predicted octanol–water partition coefficient (Wildman–Crippen LogP) is 5.46. The van der Waals surface area contributed by atoms with E-state index >= 15 is 0 Å². The highest BCUT2D eigenvalue weighted by Crippen LogP contribution is 2.20. The van der Waals surface area contributed by atoms with Crippen LogP contribution in [0.3, 0.4) is 0 Å². The van der Waals surface area contributed by atoms with Crippen LogP contribution in [0.1, 0.15) is 30.5 Å². The first-order valence-electron chi connectivity index (χ1n) is 9.74. The third kappa shape index (κ3) is 5.17. The van der Waals surface area contributed by atoms with E-state index < -0.39 is 11.8 Å². The molecule has 150 valence electrons. The van der Waals surface area contributed by atoms with E-state index in [9.17, 15) is 9.59 Å². The summed E-state index contributed by atoms with van der Waals surface area (Å²) in [5.41, 5.74) is 3.60. The zero-order valence-electron chi connectivity index (χ0n) is 17.4. The molecule has 0 aliphatic rings. The van der Waals surface area contributed by atoms with Gasteiger partial charge >= 0.3 is 0 Å². The van der Waals surface area contributed by atoms with E-state index in [2.05, 4.69) is 4.98 Å². The molecule has 0 radical (unpaired) electrons. The summed E-state index contributed by atoms with van der Waals surface area (Å²) in [5, 5.41) is 0. The minimum absolute atomic E-state index is 0.312. The lowest BCUT2D eigenvalue weighted by atomic mass is 10.1. The molecule has 30 heavy (non-hydrogen) atoms. The molecule has 0 bridgehead atoms. The molecule has 0 aliphatic heterocycles. The molecule has 3 aromatic rings. The molecule has 1 heterocycles. The molecular formula is C26H24N2O2. The quantitative estimate of drug-likeness (QED) is 0.538. The minimum Gasteiger partial charge on any atom is -0.269 e. The fourth-order valence-electron chi connectivity index (χ4n) is 3.02. The second kappa shape index (κ2) is 9.61. The van der Waals surface area contributed by atoms with Crippen LogP contribution in [0.25, 0.3) is 12.2 Å². The van der Waals surface area contributed by atoms with Crippen LogP contribution in [-0.2, 0) is 9.59 Å². The van der Waals surface area contributed by atoms with Crippen molar-refractivity contribution in [3.63, 3.8) is 0 Å². The number of amides is 2. The van der Waals surface area contributed by atoms with Gasteiger partial charge in [-0.05, 0) is 61.7 Å². The van der Waals surface area contributed by atoms with Crippen LogP contribution < -0.4 is 4.90 Å². The van der Waals surface area contributed by atoms with Gasteiger partial charge in [0.2, 0.25) is 0 Å². The summed E-state index contributed by atoms with van der Waals surface area (Å²) in [7, 11) is 0. The molecule has 4 nitrogen and oxygen atoms in total. The van der Waals surface area contributed by atoms with Crippen molar-refractivity contribution in [2.75, 3.05) is 4.90 Å². The van der Waals surface area contributed by atoms with Gasteiger partial charge in [0.1, 0.15) is 5.82 Å².